The standard InChI is InChI=1S/C22H32N4O3.HI/c1-17-8-9-21(29-17)20(26-10-12-28-13-11-26)15-25-22(23-2)24-14-19(16-27)18-6-4-3-5-7-18;/h3-9,19-20,27H,10-16H2,1-2H3,(H2,23,24,25);1H. The van der Waals surface area contributed by atoms with Gasteiger partial charge in [0.15, 0.2) is 5.96 Å². The van der Waals surface area contributed by atoms with Gasteiger partial charge < -0.3 is 24.9 Å². The molecule has 1 aliphatic rings. The van der Waals surface area contributed by atoms with E-state index in [1.54, 1.807) is 7.05 Å². The van der Waals surface area contributed by atoms with Crippen LogP contribution in [0.5, 0.6) is 0 Å². The summed E-state index contributed by atoms with van der Waals surface area (Å²) in [6, 6.07) is 14.2. The van der Waals surface area contributed by atoms with Crippen molar-refractivity contribution in [3.05, 3.63) is 59.5 Å². The summed E-state index contributed by atoms with van der Waals surface area (Å²) in [7, 11) is 1.76. The van der Waals surface area contributed by atoms with Crippen LogP contribution in [0, 0.1) is 6.92 Å². The first-order valence-electron chi connectivity index (χ1n) is 10.2. The van der Waals surface area contributed by atoms with Crippen molar-refractivity contribution in [2.45, 2.75) is 18.9 Å². The average molecular weight is 528 g/mol. The van der Waals surface area contributed by atoms with Crippen molar-refractivity contribution in [2.75, 3.05) is 53.0 Å². The van der Waals surface area contributed by atoms with Crippen LogP contribution in [-0.4, -0.2) is 69.0 Å². The Labute approximate surface area is 195 Å². The topological polar surface area (TPSA) is 82.3 Å². The van der Waals surface area contributed by atoms with Crippen LogP contribution >= 0.6 is 24.0 Å². The first kappa shape index (κ1) is 24.6. The van der Waals surface area contributed by atoms with Crippen LogP contribution in [0.1, 0.15) is 29.0 Å². The molecule has 2 atom stereocenters. The van der Waals surface area contributed by atoms with E-state index in [1.807, 2.05) is 49.4 Å². The van der Waals surface area contributed by atoms with Crippen molar-refractivity contribution in [3.63, 3.8) is 0 Å². The lowest BCUT2D eigenvalue weighted by Gasteiger charge is -2.33. The van der Waals surface area contributed by atoms with Crippen LogP contribution < -0.4 is 10.6 Å². The summed E-state index contributed by atoms with van der Waals surface area (Å²) >= 11 is 0. The van der Waals surface area contributed by atoms with Gasteiger partial charge in [-0.15, -0.1) is 24.0 Å². The molecule has 3 rings (SSSR count). The molecule has 1 saturated heterocycles. The Balaban J connectivity index is 0.00000320. The van der Waals surface area contributed by atoms with Crippen LogP contribution in [0.2, 0.25) is 0 Å². The second-order valence-corrected chi connectivity index (χ2v) is 7.24. The van der Waals surface area contributed by atoms with Gasteiger partial charge in [0.2, 0.25) is 0 Å². The number of halogens is 1. The summed E-state index contributed by atoms with van der Waals surface area (Å²) in [6.45, 7) is 6.53. The predicted octanol–water partition coefficient (Wildman–Crippen LogP) is 2.52. The SMILES string of the molecule is CN=C(NCC(CO)c1ccccc1)NCC(c1ccc(C)o1)N1CCOCC1.I. The van der Waals surface area contributed by atoms with Gasteiger partial charge in [-0.05, 0) is 24.6 Å². The third-order valence-electron chi connectivity index (χ3n) is 5.27. The number of aliphatic hydroxyl groups excluding tert-OH is 1. The Kier molecular flexibility index (Phi) is 10.6. The number of furan rings is 1. The number of hydrogen-bond donors (Lipinski definition) is 3. The summed E-state index contributed by atoms with van der Waals surface area (Å²) in [6.07, 6.45) is 0. The molecule has 0 bridgehead atoms. The number of guanidine groups is 1. The van der Waals surface area contributed by atoms with Gasteiger partial charge >= 0.3 is 0 Å². The smallest absolute Gasteiger partial charge is 0.191 e. The lowest BCUT2D eigenvalue weighted by atomic mass is 10.0. The van der Waals surface area contributed by atoms with Crippen molar-refractivity contribution < 1.29 is 14.3 Å². The van der Waals surface area contributed by atoms with Gasteiger partial charge in [-0.3, -0.25) is 9.89 Å². The zero-order valence-corrected chi connectivity index (χ0v) is 20.0. The minimum atomic E-state index is 0. The molecule has 0 spiro atoms. The summed E-state index contributed by atoms with van der Waals surface area (Å²) in [4.78, 5) is 6.72. The monoisotopic (exact) mass is 528 g/mol. The maximum atomic E-state index is 9.77. The van der Waals surface area contributed by atoms with E-state index in [-0.39, 0.29) is 42.5 Å². The van der Waals surface area contributed by atoms with Crippen LogP contribution in [0.4, 0.5) is 0 Å². The van der Waals surface area contributed by atoms with E-state index in [4.69, 9.17) is 9.15 Å². The molecule has 2 heterocycles. The average Bonchev–Trinajstić information content (AvgIpc) is 3.20. The molecule has 1 aliphatic heterocycles. The first-order valence-corrected chi connectivity index (χ1v) is 10.2. The quantitative estimate of drug-likeness (QED) is 0.278. The van der Waals surface area contributed by atoms with Crippen LogP contribution in [0.3, 0.4) is 0 Å². The van der Waals surface area contributed by atoms with Crippen molar-refractivity contribution in [1.82, 2.24) is 15.5 Å². The van der Waals surface area contributed by atoms with Gasteiger partial charge in [-0.25, -0.2) is 0 Å². The lowest BCUT2D eigenvalue weighted by molar-refractivity contribution is 0.0124. The molecule has 0 saturated carbocycles. The number of aliphatic hydroxyl groups is 1. The van der Waals surface area contributed by atoms with E-state index in [0.29, 0.717) is 19.0 Å². The third-order valence-corrected chi connectivity index (χ3v) is 5.27. The maximum absolute atomic E-state index is 9.77. The van der Waals surface area contributed by atoms with Gasteiger partial charge in [-0.1, -0.05) is 30.3 Å². The van der Waals surface area contributed by atoms with Gasteiger partial charge in [0.25, 0.3) is 0 Å². The van der Waals surface area contributed by atoms with Gasteiger partial charge in [0.05, 0.1) is 25.9 Å². The second kappa shape index (κ2) is 12.9. The normalized spacial score (nSPS) is 17.1. The van der Waals surface area contributed by atoms with E-state index in [1.165, 1.54) is 0 Å². The molecule has 2 unspecified atom stereocenters. The Morgan fingerprint density at radius 1 is 1.10 bits per heavy atom. The van der Waals surface area contributed by atoms with Crippen molar-refractivity contribution >= 4 is 29.9 Å². The molecule has 7 nitrogen and oxygen atoms in total. The number of morpholine rings is 1. The molecule has 1 fully saturated rings. The highest BCUT2D eigenvalue weighted by atomic mass is 127. The van der Waals surface area contributed by atoms with E-state index >= 15 is 0 Å². The third kappa shape index (κ3) is 6.97. The highest BCUT2D eigenvalue weighted by Gasteiger charge is 2.25. The Hall–Kier alpha value is -1.62. The second-order valence-electron chi connectivity index (χ2n) is 7.24. The van der Waals surface area contributed by atoms with E-state index < -0.39 is 0 Å². The maximum Gasteiger partial charge on any atom is 0.191 e. The van der Waals surface area contributed by atoms with Gasteiger partial charge in [-0.2, -0.15) is 0 Å². The summed E-state index contributed by atoms with van der Waals surface area (Å²) in [5.41, 5.74) is 1.11. The van der Waals surface area contributed by atoms with Crippen molar-refractivity contribution in [1.29, 1.82) is 0 Å². The summed E-state index contributed by atoms with van der Waals surface area (Å²) in [5, 5.41) is 16.5. The molecule has 0 amide bonds. The minimum Gasteiger partial charge on any atom is -0.465 e. The van der Waals surface area contributed by atoms with Crippen LogP contribution in [-0.2, 0) is 4.74 Å². The number of nitrogens with one attached hydrogen (secondary N) is 2. The first-order chi connectivity index (χ1) is 14.2. The summed E-state index contributed by atoms with van der Waals surface area (Å²) in [5.74, 6) is 2.58. The number of nitrogens with zero attached hydrogens (tertiary/aromatic N) is 2. The fraction of sp³-hybridized carbons (Fsp3) is 0.500. The number of benzene rings is 1. The van der Waals surface area contributed by atoms with Crippen molar-refractivity contribution in [3.8, 4) is 0 Å². The molecule has 0 aliphatic carbocycles. The van der Waals surface area contributed by atoms with Crippen molar-refractivity contribution in [2.24, 2.45) is 4.99 Å². The van der Waals surface area contributed by atoms with Crippen LogP contribution in [0.25, 0.3) is 0 Å². The molecule has 2 aromatic rings. The lowest BCUT2D eigenvalue weighted by Crippen LogP contribution is -2.46. The minimum absolute atomic E-state index is 0. The molecule has 1 aromatic carbocycles. The zero-order valence-electron chi connectivity index (χ0n) is 17.7. The Bertz CT molecular complexity index is 763. The number of rotatable bonds is 8. The largest absolute Gasteiger partial charge is 0.465 e. The van der Waals surface area contributed by atoms with Crippen LogP contribution in [0.15, 0.2) is 51.9 Å². The highest BCUT2D eigenvalue weighted by Crippen LogP contribution is 2.23. The molecule has 166 valence electrons. The van der Waals surface area contributed by atoms with E-state index in [0.717, 1.165) is 43.4 Å². The predicted molar refractivity (Wildman–Crippen MR) is 130 cm³/mol. The molecule has 8 heteroatoms. The number of ether oxygens (including phenoxy) is 1. The molecular weight excluding hydrogens is 495 g/mol. The molecular formula is C22H33IN4O3. The van der Waals surface area contributed by atoms with Gasteiger partial charge in [0.1, 0.15) is 11.5 Å². The number of aliphatic imine (C=N–C) groups is 1. The summed E-state index contributed by atoms with van der Waals surface area (Å²) < 4.78 is 11.4. The van der Waals surface area contributed by atoms with E-state index in [2.05, 4.69) is 20.5 Å². The van der Waals surface area contributed by atoms with E-state index in [9.17, 15) is 5.11 Å². The Morgan fingerprint density at radius 2 is 1.80 bits per heavy atom. The van der Waals surface area contributed by atoms with Gasteiger partial charge in [0, 0.05) is 39.1 Å². The zero-order chi connectivity index (χ0) is 20.5. The molecule has 30 heavy (non-hydrogen) atoms. The molecule has 3 N–H and O–H groups in total. The molecule has 1 aromatic heterocycles. The molecule has 0 radical (unpaired) electrons. The highest BCUT2D eigenvalue weighted by molar-refractivity contribution is 14.0. The number of aryl methyl sites for hydroxylation is 1. The Morgan fingerprint density at radius 3 is 2.40 bits per heavy atom. The fourth-order valence-electron chi connectivity index (χ4n) is 3.58. The fourth-order valence-corrected chi connectivity index (χ4v) is 3.58. The number of hydrogen-bond acceptors (Lipinski definition) is 5.